The highest BCUT2D eigenvalue weighted by atomic mass is 16.4. The van der Waals surface area contributed by atoms with Crippen LogP contribution in [0.15, 0.2) is 57.7 Å². The molecule has 1 amide bonds. The van der Waals surface area contributed by atoms with Crippen molar-refractivity contribution in [3.05, 3.63) is 75.6 Å². The number of piperazine rings is 1. The van der Waals surface area contributed by atoms with Gasteiger partial charge in [-0.1, -0.05) is 39.0 Å². The second kappa shape index (κ2) is 10.3. The molecule has 0 radical (unpaired) electrons. The third-order valence-electron chi connectivity index (χ3n) is 6.39. The molecule has 1 fully saturated rings. The van der Waals surface area contributed by atoms with Crippen LogP contribution >= 0.6 is 0 Å². The molecular weight excluding hydrogens is 414 g/mol. The highest BCUT2D eigenvalue weighted by Gasteiger charge is 2.20. The number of hydrogen-bond donors (Lipinski definition) is 1. The number of rotatable bonds is 7. The molecule has 1 aliphatic heterocycles. The zero-order chi connectivity index (χ0) is 23.4. The Balaban J connectivity index is 1.32. The van der Waals surface area contributed by atoms with Crippen LogP contribution in [0.2, 0.25) is 0 Å². The molecule has 0 saturated carbocycles. The molecule has 6 nitrogen and oxygen atoms in total. The number of fused-ring (bicyclic) bond motifs is 1. The molecule has 1 aliphatic rings. The lowest BCUT2D eigenvalue weighted by Crippen LogP contribution is -2.48. The molecule has 4 rings (SSSR count). The van der Waals surface area contributed by atoms with Gasteiger partial charge in [0, 0.05) is 49.9 Å². The molecule has 0 bridgehead atoms. The molecule has 1 N–H and O–H groups in total. The van der Waals surface area contributed by atoms with Crippen LogP contribution in [-0.4, -0.2) is 48.4 Å². The normalized spacial score (nSPS) is 15.3. The number of carbonyl (C=O) groups excluding carboxylic acids is 1. The molecule has 3 aromatic rings. The first-order chi connectivity index (χ1) is 15.9. The van der Waals surface area contributed by atoms with Gasteiger partial charge in [-0.05, 0) is 53.3 Å². The van der Waals surface area contributed by atoms with Crippen LogP contribution in [0.25, 0.3) is 11.0 Å². The van der Waals surface area contributed by atoms with Crippen molar-refractivity contribution in [2.24, 2.45) is 0 Å². The van der Waals surface area contributed by atoms with Crippen LogP contribution in [0, 0.1) is 0 Å². The SMILES string of the molecule is CCc1ccc2oc(=O)cc(CN3CCN(CC(=O)Nc4ccc(C(C)C)cc4)CC3)c2c1. The maximum Gasteiger partial charge on any atom is 0.336 e. The van der Waals surface area contributed by atoms with Crippen LogP contribution in [0.1, 0.15) is 43.4 Å². The standard InChI is InChI=1S/C27H33N3O3/c1-4-20-5-10-25-24(15-20)22(16-27(32)33-25)17-29-11-13-30(14-12-29)18-26(31)28-23-8-6-21(7-9-23)19(2)3/h5-10,15-16,19H,4,11-14,17-18H2,1-3H3,(H,28,31). The smallest absolute Gasteiger partial charge is 0.336 e. The van der Waals surface area contributed by atoms with E-state index in [1.54, 1.807) is 6.07 Å². The molecule has 174 valence electrons. The minimum absolute atomic E-state index is 0.0134. The summed E-state index contributed by atoms with van der Waals surface area (Å²) in [6, 6.07) is 15.7. The van der Waals surface area contributed by atoms with E-state index < -0.39 is 0 Å². The monoisotopic (exact) mass is 447 g/mol. The van der Waals surface area contributed by atoms with Crippen LogP contribution in [0.4, 0.5) is 5.69 Å². The van der Waals surface area contributed by atoms with Gasteiger partial charge in [0.1, 0.15) is 5.58 Å². The Hall–Kier alpha value is -2.96. The van der Waals surface area contributed by atoms with Crippen LogP contribution in [0.5, 0.6) is 0 Å². The summed E-state index contributed by atoms with van der Waals surface area (Å²) in [5, 5.41) is 4.02. The van der Waals surface area contributed by atoms with Crippen molar-refractivity contribution in [2.75, 3.05) is 38.0 Å². The third-order valence-corrected chi connectivity index (χ3v) is 6.39. The predicted octanol–water partition coefficient (Wildman–Crippen LogP) is 4.24. The van der Waals surface area contributed by atoms with Crippen LogP contribution < -0.4 is 10.9 Å². The van der Waals surface area contributed by atoms with Gasteiger partial charge in [-0.3, -0.25) is 14.6 Å². The van der Waals surface area contributed by atoms with Crippen molar-refractivity contribution in [3.63, 3.8) is 0 Å². The average Bonchev–Trinajstić information content (AvgIpc) is 2.80. The van der Waals surface area contributed by atoms with Gasteiger partial charge < -0.3 is 9.73 Å². The summed E-state index contributed by atoms with van der Waals surface area (Å²) in [6.45, 7) is 10.9. The summed E-state index contributed by atoms with van der Waals surface area (Å²) in [7, 11) is 0. The number of carbonyl (C=O) groups is 1. The Morgan fingerprint density at radius 3 is 2.36 bits per heavy atom. The zero-order valence-corrected chi connectivity index (χ0v) is 19.8. The highest BCUT2D eigenvalue weighted by Crippen LogP contribution is 2.21. The van der Waals surface area contributed by atoms with E-state index in [0.717, 1.165) is 49.2 Å². The predicted molar refractivity (Wildman–Crippen MR) is 133 cm³/mol. The van der Waals surface area contributed by atoms with Crippen molar-refractivity contribution < 1.29 is 9.21 Å². The summed E-state index contributed by atoms with van der Waals surface area (Å²) in [5.74, 6) is 0.489. The van der Waals surface area contributed by atoms with Crippen molar-refractivity contribution >= 4 is 22.6 Å². The van der Waals surface area contributed by atoms with Crippen LogP contribution in [-0.2, 0) is 17.8 Å². The first-order valence-corrected chi connectivity index (χ1v) is 11.8. The number of benzene rings is 2. The zero-order valence-electron chi connectivity index (χ0n) is 19.8. The van der Waals surface area contributed by atoms with E-state index in [1.165, 1.54) is 11.1 Å². The number of anilines is 1. The minimum atomic E-state index is -0.307. The van der Waals surface area contributed by atoms with E-state index in [4.69, 9.17) is 4.42 Å². The summed E-state index contributed by atoms with van der Waals surface area (Å²) < 4.78 is 5.39. The highest BCUT2D eigenvalue weighted by molar-refractivity contribution is 5.92. The molecule has 1 aromatic heterocycles. The fourth-order valence-electron chi connectivity index (χ4n) is 4.33. The number of amides is 1. The number of hydrogen-bond acceptors (Lipinski definition) is 5. The van der Waals surface area contributed by atoms with E-state index in [9.17, 15) is 9.59 Å². The van der Waals surface area contributed by atoms with Gasteiger partial charge in [0.2, 0.25) is 5.91 Å². The van der Waals surface area contributed by atoms with Gasteiger partial charge >= 0.3 is 5.63 Å². The van der Waals surface area contributed by atoms with E-state index in [2.05, 4.69) is 54.1 Å². The largest absolute Gasteiger partial charge is 0.423 e. The van der Waals surface area contributed by atoms with Crippen molar-refractivity contribution in [2.45, 2.75) is 39.7 Å². The van der Waals surface area contributed by atoms with Crippen LogP contribution in [0.3, 0.4) is 0 Å². The molecule has 2 aromatic carbocycles. The Morgan fingerprint density at radius 1 is 1.00 bits per heavy atom. The van der Waals surface area contributed by atoms with Crippen molar-refractivity contribution in [1.29, 1.82) is 0 Å². The Labute approximate surface area is 195 Å². The maximum absolute atomic E-state index is 12.5. The molecule has 0 spiro atoms. The van der Waals surface area contributed by atoms with Gasteiger partial charge in [-0.15, -0.1) is 0 Å². The first kappa shape index (κ1) is 23.2. The lowest BCUT2D eigenvalue weighted by atomic mass is 10.0. The van der Waals surface area contributed by atoms with E-state index in [1.807, 2.05) is 24.3 Å². The van der Waals surface area contributed by atoms with Crippen molar-refractivity contribution in [3.8, 4) is 0 Å². The Morgan fingerprint density at radius 2 is 1.70 bits per heavy atom. The molecule has 1 saturated heterocycles. The molecule has 33 heavy (non-hydrogen) atoms. The van der Waals surface area contributed by atoms with Gasteiger partial charge in [0.25, 0.3) is 0 Å². The number of nitrogens with zero attached hydrogens (tertiary/aromatic N) is 2. The summed E-state index contributed by atoms with van der Waals surface area (Å²) in [6.07, 6.45) is 0.942. The fourth-order valence-corrected chi connectivity index (χ4v) is 4.33. The second-order valence-corrected chi connectivity index (χ2v) is 9.15. The summed E-state index contributed by atoms with van der Waals surface area (Å²) in [4.78, 5) is 29.1. The van der Waals surface area contributed by atoms with Crippen molar-refractivity contribution in [1.82, 2.24) is 9.80 Å². The number of nitrogens with one attached hydrogen (secondary N) is 1. The molecule has 0 atom stereocenters. The minimum Gasteiger partial charge on any atom is -0.423 e. The molecule has 0 unspecified atom stereocenters. The Bertz CT molecular complexity index is 1160. The quantitative estimate of drug-likeness (QED) is 0.549. The molecule has 2 heterocycles. The Kier molecular flexibility index (Phi) is 7.26. The topological polar surface area (TPSA) is 65.8 Å². The van der Waals surface area contributed by atoms with Gasteiger partial charge in [-0.2, -0.15) is 0 Å². The van der Waals surface area contributed by atoms with Gasteiger partial charge in [0.15, 0.2) is 0 Å². The third kappa shape index (κ3) is 5.89. The lowest BCUT2D eigenvalue weighted by Gasteiger charge is -2.34. The van der Waals surface area contributed by atoms with E-state index >= 15 is 0 Å². The summed E-state index contributed by atoms with van der Waals surface area (Å²) >= 11 is 0. The molecular formula is C27H33N3O3. The van der Waals surface area contributed by atoms with Gasteiger partial charge in [-0.25, -0.2) is 4.79 Å². The average molecular weight is 448 g/mol. The molecule has 0 aliphatic carbocycles. The van der Waals surface area contributed by atoms with Gasteiger partial charge in [0.05, 0.1) is 6.54 Å². The summed E-state index contributed by atoms with van der Waals surface area (Å²) in [5.41, 5.74) is 4.67. The second-order valence-electron chi connectivity index (χ2n) is 9.15. The molecule has 6 heteroatoms. The first-order valence-electron chi connectivity index (χ1n) is 11.8. The van der Waals surface area contributed by atoms with E-state index in [-0.39, 0.29) is 11.5 Å². The number of aryl methyl sites for hydroxylation is 1. The van der Waals surface area contributed by atoms with E-state index in [0.29, 0.717) is 24.6 Å². The lowest BCUT2D eigenvalue weighted by molar-refractivity contribution is -0.117. The maximum atomic E-state index is 12.5. The fraction of sp³-hybridized carbons (Fsp3) is 0.407.